The fourth-order valence-electron chi connectivity index (χ4n) is 7.64. The van der Waals surface area contributed by atoms with Crippen molar-refractivity contribution < 1.29 is 28.6 Å². The normalized spacial score (nSPS) is 12.1. The van der Waals surface area contributed by atoms with E-state index in [1.54, 1.807) is 0 Å². The van der Waals surface area contributed by atoms with Crippen molar-refractivity contribution in [2.45, 2.75) is 285 Å². The summed E-state index contributed by atoms with van der Waals surface area (Å²) in [5.74, 6) is 0.803. The summed E-state index contributed by atoms with van der Waals surface area (Å²) < 4.78 is 16.8. The van der Waals surface area contributed by atoms with E-state index < -0.39 is 6.10 Å². The van der Waals surface area contributed by atoms with Crippen molar-refractivity contribution >= 4 is 17.9 Å². The van der Waals surface area contributed by atoms with Gasteiger partial charge >= 0.3 is 17.9 Å². The maximum Gasteiger partial charge on any atom is 0.306 e. The lowest BCUT2D eigenvalue weighted by molar-refractivity contribution is -0.167. The molecule has 0 radical (unpaired) electrons. The molecule has 1 atom stereocenters. The maximum absolute atomic E-state index is 12.8. The van der Waals surface area contributed by atoms with Crippen molar-refractivity contribution in [1.29, 1.82) is 0 Å². The van der Waals surface area contributed by atoms with Crippen LogP contribution in [-0.2, 0) is 28.6 Å². The molecular formula is C51H98O6. The Hall–Kier alpha value is -1.59. The zero-order valence-electron chi connectivity index (χ0n) is 39.0. The zero-order chi connectivity index (χ0) is 41.9. The molecule has 0 aliphatic carbocycles. The van der Waals surface area contributed by atoms with Crippen molar-refractivity contribution in [2.75, 3.05) is 13.2 Å². The van der Waals surface area contributed by atoms with Gasteiger partial charge in [0, 0.05) is 19.3 Å². The molecule has 0 aromatic rings. The average molecular weight is 807 g/mol. The molecule has 0 aromatic heterocycles. The second-order valence-corrected chi connectivity index (χ2v) is 18.4. The number of rotatable bonds is 45. The van der Waals surface area contributed by atoms with Crippen LogP contribution in [0.25, 0.3) is 0 Å². The molecule has 0 bridgehead atoms. The molecule has 0 unspecified atom stereocenters. The summed E-state index contributed by atoms with van der Waals surface area (Å²) >= 11 is 0. The standard InChI is InChI=1S/C51H98O6/c1-6-7-8-9-10-19-26-31-36-41-49(52)55-44-48(45-56-50(53)42-37-32-27-23-18-21-25-30-35-40-47(4)5)57-51(54)43-38-33-28-22-17-15-13-11-12-14-16-20-24-29-34-39-46(2)3/h46-48H,6-45H2,1-5H3/t48-/m0/s1. The number of ether oxygens (including phenoxy) is 3. The van der Waals surface area contributed by atoms with Crippen LogP contribution in [0.2, 0.25) is 0 Å². The van der Waals surface area contributed by atoms with Gasteiger partial charge in [0.1, 0.15) is 13.2 Å². The summed E-state index contributed by atoms with van der Waals surface area (Å²) in [5, 5.41) is 0. The molecule has 0 saturated carbocycles. The number of hydrogen-bond acceptors (Lipinski definition) is 6. The van der Waals surface area contributed by atoms with Gasteiger partial charge in [0.05, 0.1) is 0 Å². The van der Waals surface area contributed by atoms with E-state index in [-0.39, 0.29) is 31.1 Å². The molecule has 0 aliphatic heterocycles. The maximum atomic E-state index is 12.8. The van der Waals surface area contributed by atoms with Crippen molar-refractivity contribution in [3.05, 3.63) is 0 Å². The van der Waals surface area contributed by atoms with E-state index >= 15 is 0 Å². The van der Waals surface area contributed by atoms with Gasteiger partial charge in [0.25, 0.3) is 0 Å². The molecule has 6 heteroatoms. The number of esters is 3. The van der Waals surface area contributed by atoms with E-state index in [0.717, 1.165) is 69.6 Å². The Bertz CT molecular complexity index is 870. The first kappa shape index (κ1) is 55.4. The highest BCUT2D eigenvalue weighted by Crippen LogP contribution is 2.17. The Kier molecular flexibility index (Phi) is 42.7. The first-order valence-corrected chi connectivity index (χ1v) is 25.2. The van der Waals surface area contributed by atoms with Crippen molar-refractivity contribution in [2.24, 2.45) is 11.8 Å². The molecule has 0 rings (SSSR count). The summed E-state index contributed by atoms with van der Waals surface area (Å²) in [5.41, 5.74) is 0. The quantitative estimate of drug-likeness (QED) is 0.0346. The van der Waals surface area contributed by atoms with Crippen LogP contribution in [0.3, 0.4) is 0 Å². The molecular weight excluding hydrogens is 709 g/mol. The van der Waals surface area contributed by atoms with Gasteiger partial charge < -0.3 is 14.2 Å². The molecule has 0 N–H and O–H groups in total. The summed E-state index contributed by atoms with van der Waals surface area (Å²) in [6, 6.07) is 0. The molecule has 0 saturated heterocycles. The lowest BCUT2D eigenvalue weighted by Crippen LogP contribution is -2.30. The predicted molar refractivity (Wildman–Crippen MR) is 243 cm³/mol. The predicted octanol–water partition coefficient (Wildman–Crippen LogP) is 16.1. The van der Waals surface area contributed by atoms with E-state index in [2.05, 4.69) is 34.6 Å². The third-order valence-corrected chi connectivity index (χ3v) is 11.5. The van der Waals surface area contributed by atoms with Crippen LogP contribution in [0.4, 0.5) is 0 Å². The highest BCUT2D eigenvalue weighted by Gasteiger charge is 2.19. The lowest BCUT2D eigenvalue weighted by Gasteiger charge is -2.18. The minimum Gasteiger partial charge on any atom is -0.462 e. The first-order chi connectivity index (χ1) is 27.7. The number of hydrogen-bond donors (Lipinski definition) is 0. The van der Waals surface area contributed by atoms with Crippen LogP contribution in [-0.4, -0.2) is 37.2 Å². The van der Waals surface area contributed by atoms with Gasteiger partial charge in [-0.3, -0.25) is 14.4 Å². The molecule has 0 amide bonds. The Labute approximate surface area is 355 Å². The third-order valence-electron chi connectivity index (χ3n) is 11.5. The van der Waals surface area contributed by atoms with Crippen molar-refractivity contribution in [3.63, 3.8) is 0 Å². The molecule has 0 aliphatic rings. The first-order valence-electron chi connectivity index (χ1n) is 25.2. The summed E-state index contributed by atoms with van der Waals surface area (Å²) in [6.07, 6.45) is 43.8. The van der Waals surface area contributed by atoms with E-state index in [1.807, 2.05) is 0 Å². The van der Waals surface area contributed by atoms with Crippen LogP contribution in [0.5, 0.6) is 0 Å². The van der Waals surface area contributed by atoms with Gasteiger partial charge in [-0.1, -0.05) is 240 Å². The number of carbonyl (C=O) groups excluding carboxylic acids is 3. The Morgan fingerprint density at radius 1 is 0.333 bits per heavy atom. The van der Waals surface area contributed by atoms with E-state index in [4.69, 9.17) is 14.2 Å². The Morgan fingerprint density at radius 3 is 0.860 bits per heavy atom. The van der Waals surface area contributed by atoms with Gasteiger partial charge in [-0.25, -0.2) is 0 Å². The van der Waals surface area contributed by atoms with Crippen LogP contribution in [0, 0.1) is 11.8 Å². The Balaban J connectivity index is 4.25. The number of unbranched alkanes of at least 4 members (excludes halogenated alkanes) is 30. The molecule has 0 aromatic carbocycles. The van der Waals surface area contributed by atoms with Gasteiger partial charge in [0.2, 0.25) is 0 Å². The summed E-state index contributed by atoms with van der Waals surface area (Å²) in [4.78, 5) is 37.8. The summed E-state index contributed by atoms with van der Waals surface area (Å²) in [6.45, 7) is 11.3. The second kappa shape index (κ2) is 44.0. The molecule has 0 heterocycles. The van der Waals surface area contributed by atoms with Crippen LogP contribution < -0.4 is 0 Å². The highest BCUT2D eigenvalue weighted by atomic mass is 16.6. The van der Waals surface area contributed by atoms with Gasteiger partial charge in [-0.05, 0) is 31.1 Å². The molecule has 6 nitrogen and oxygen atoms in total. The molecule has 0 fully saturated rings. The largest absolute Gasteiger partial charge is 0.462 e. The molecule has 57 heavy (non-hydrogen) atoms. The summed E-state index contributed by atoms with van der Waals surface area (Å²) in [7, 11) is 0. The average Bonchev–Trinajstić information content (AvgIpc) is 3.18. The van der Waals surface area contributed by atoms with Crippen LogP contribution in [0.15, 0.2) is 0 Å². The second-order valence-electron chi connectivity index (χ2n) is 18.4. The lowest BCUT2D eigenvalue weighted by atomic mass is 10.0. The van der Waals surface area contributed by atoms with E-state index in [0.29, 0.717) is 19.3 Å². The van der Waals surface area contributed by atoms with E-state index in [1.165, 1.54) is 167 Å². The van der Waals surface area contributed by atoms with Crippen molar-refractivity contribution in [1.82, 2.24) is 0 Å². The SMILES string of the molecule is CCCCCCCCCCCC(=O)OC[C@@H](COC(=O)CCCCCCCCCCCC(C)C)OC(=O)CCCCCCCCCCCCCCCCCC(C)C. The monoisotopic (exact) mass is 807 g/mol. The minimum absolute atomic E-state index is 0.0643. The fourth-order valence-corrected chi connectivity index (χ4v) is 7.64. The molecule has 0 spiro atoms. The highest BCUT2D eigenvalue weighted by molar-refractivity contribution is 5.71. The fraction of sp³-hybridized carbons (Fsp3) is 0.941. The molecule has 338 valence electrons. The third kappa shape index (κ3) is 45.3. The van der Waals surface area contributed by atoms with E-state index in [9.17, 15) is 14.4 Å². The smallest absolute Gasteiger partial charge is 0.306 e. The topological polar surface area (TPSA) is 78.9 Å². The van der Waals surface area contributed by atoms with Gasteiger partial charge in [-0.2, -0.15) is 0 Å². The van der Waals surface area contributed by atoms with Crippen LogP contribution >= 0.6 is 0 Å². The van der Waals surface area contributed by atoms with Gasteiger partial charge in [0.15, 0.2) is 6.10 Å². The van der Waals surface area contributed by atoms with Gasteiger partial charge in [-0.15, -0.1) is 0 Å². The zero-order valence-corrected chi connectivity index (χ0v) is 39.0. The number of carbonyl (C=O) groups is 3. The van der Waals surface area contributed by atoms with Crippen LogP contribution in [0.1, 0.15) is 279 Å². The van der Waals surface area contributed by atoms with Crippen molar-refractivity contribution in [3.8, 4) is 0 Å². The minimum atomic E-state index is -0.760. The Morgan fingerprint density at radius 2 is 0.579 bits per heavy atom.